The van der Waals surface area contributed by atoms with Crippen LogP contribution in [0.2, 0.25) is 0 Å². The van der Waals surface area contributed by atoms with Gasteiger partial charge in [0.15, 0.2) is 0 Å². The van der Waals surface area contributed by atoms with Gasteiger partial charge in [0.25, 0.3) is 0 Å². The number of benzene rings is 2. The van der Waals surface area contributed by atoms with Gasteiger partial charge in [0.1, 0.15) is 0 Å². The number of thioether (sulfide) groups is 1. The third-order valence-electron chi connectivity index (χ3n) is 3.69. The molecule has 0 saturated carbocycles. The number of amides is 1. The monoisotopic (exact) mass is 311 g/mol. The Hall–Kier alpha value is -1.78. The molecule has 1 aliphatic heterocycles. The molecule has 3 aromatic rings. The zero-order chi connectivity index (χ0) is 14.2. The van der Waals surface area contributed by atoms with Crippen LogP contribution in [0.3, 0.4) is 0 Å². The smallest absolute Gasteiger partial charge is 0.234 e. The topological polar surface area (TPSA) is 29.1 Å². The summed E-state index contributed by atoms with van der Waals surface area (Å²) in [6, 6.07) is 16.9. The van der Waals surface area contributed by atoms with Crippen LogP contribution in [-0.2, 0) is 4.79 Å². The van der Waals surface area contributed by atoms with Gasteiger partial charge in [-0.2, -0.15) is 0 Å². The first kappa shape index (κ1) is 12.9. The van der Waals surface area contributed by atoms with Crippen molar-refractivity contribution in [3.8, 4) is 0 Å². The summed E-state index contributed by atoms with van der Waals surface area (Å²) in [7, 11) is 0. The summed E-state index contributed by atoms with van der Waals surface area (Å²) in [6.45, 7) is 0. The predicted molar refractivity (Wildman–Crippen MR) is 91.2 cm³/mol. The van der Waals surface area contributed by atoms with Crippen molar-refractivity contribution < 1.29 is 4.79 Å². The first-order chi connectivity index (χ1) is 10.3. The lowest BCUT2D eigenvalue weighted by Gasteiger charge is -2.16. The Morgan fingerprint density at radius 2 is 1.90 bits per heavy atom. The van der Waals surface area contributed by atoms with E-state index in [0.29, 0.717) is 5.75 Å². The maximum absolute atomic E-state index is 11.9. The maximum Gasteiger partial charge on any atom is 0.234 e. The van der Waals surface area contributed by atoms with E-state index in [1.165, 1.54) is 21.2 Å². The van der Waals surface area contributed by atoms with Crippen molar-refractivity contribution in [2.24, 2.45) is 0 Å². The Morgan fingerprint density at radius 3 is 2.86 bits per heavy atom. The Morgan fingerprint density at radius 1 is 1.05 bits per heavy atom. The number of carbonyl (C=O) groups is 1. The molecule has 104 valence electrons. The summed E-state index contributed by atoms with van der Waals surface area (Å²) in [5.74, 6) is 0.581. The molecule has 1 aliphatic rings. The first-order valence-electron chi connectivity index (χ1n) is 6.79. The van der Waals surface area contributed by atoms with Gasteiger partial charge in [-0.05, 0) is 27.8 Å². The lowest BCUT2D eigenvalue weighted by Crippen LogP contribution is -2.11. The van der Waals surface area contributed by atoms with Crippen molar-refractivity contribution in [2.75, 3.05) is 11.1 Å². The lowest BCUT2D eigenvalue weighted by atomic mass is 10.0. The van der Waals surface area contributed by atoms with E-state index in [1.54, 1.807) is 23.1 Å². The first-order valence-corrected chi connectivity index (χ1v) is 8.72. The standard InChI is InChI=1S/C17H13NOS2/c19-15-10-21-16(17-14(18-15)8-9-20-17)13-7-3-5-11-4-1-2-6-12(11)13/h1-9,16H,10H2,(H,18,19)/t16-/m1/s1. The van der Waals surface area contributed by atoms with Crippen LogP contribution in [0.15, 0.2) is 53.9 Å². The van der Waals surface area contributed by atoms with Crippen LogP contribution in [0.4, 0.5) is 5.69 Å². The van der Waals surface area contributed by atoms with Gasteiger partial charge < -0.3 is 5.32 Å². The van der Waals surface area contributed by atoms with Crippen LogP contribution in [0.5, 0.6) is 0 Å². The zero-order valence-corrected chi connectivity index (χ0v) is 12.8. The van der Waals surface area contributed by atoms with Gasteiger partial charge in [0, 0.05) is 4.88 Å². The van der Waals surface area contributed by atoms with Gasteiger partial charge in [-0.1, -0.05) is 42.5 Å². The van der Waals surface area contributed by atoms with Gasteiger partial charge in [-0.15, -0.1) is 23.1 Å². The minimum atomic E-state index is 0.0855. The molecule has 2 heterocycles. The van der Waals surface area contributed by atoms with Crippen LogP contribution >= 0.6 is 23.1 Å². The minimum Gasteiger partial charge on any atom is -0.324 e. The van der Waals surface area contributed by atoms with Crippen molar-refractivity contribution in [3.05, 3.63) is 64.4 Å². The number of thiophene rings is 1. The summed E-state index contributed by atoms with van der Waals surface area (Å²) in [4.78, 5) is 13.1. The molecule has 0 spiro atoms. The van der Waals surface area contributed by atoms with E-state index in [-0.39, 0.29) is 11.2 Å². The second-order valence-electron chi connectivity index (χ2n) is 5.01. The molecule has 1 aromatic heterocycles. The molecule has 21 heavy (non-hydrogen) atoms. The Labute approximate surface area is 131 Å². The van der Waals surface area contributed by atoms with E-state index in [1.807, 2.05) is 6.07 Å². The molecule has 0 fully saturated rings. The van der Waals surface area contributed by atoms with E-state index in [0.717, 1.165) is 5.69 Å². The molecular weight excluding hydrogens is 298 g/mol. The molecule has 0 bridgehead atoms. The third-order valence-corrected chi connectivity index (χ3v) is 6.08. The number of nitrogens with one attached hydrogen (secondary N) is 1. The highest BCUT2D eigenvalue weighted by molar-refractivity contribution is 8.00. The van der Waals surface area contributed by atoms with Crippen LogP contribution < -0.4 is 5.32 Å². The molecule has 0 radical (unpaired) electrons. The number of anilines is 1. The van der Waals surface area contributed by atoms with Crippen LogP contribution in [0.25, 0.3) is 10.8 Å². The molecule has 0 unspecified atom stereocenters. The maximum atomic E-state index is 11.9. The van der Waals surface area contributed by atoms with Gasteiger partial charge in [-0.25, -0.2) is 0 Å². The number of carbonyl (C=O) groups excluding carboxylic acids is 1. The number of hydrogen-bond donors (Lipinski definition) is 1. The fourth-order valence-corrected chi connectivity index (χ4v) is 5.03. The largest absolute Gasteiger partial charge is 0.324 e. The summed E-state index contributed by atoms with van der Waals surface area (Å²) in [6.07, 6.45) is 0. The Balaban J connectivity index is 1.91. The SMILES string of the molecule is O=C1CS[C@H](c2cccc3ccccc23)c2sccc2N1. The molecular formula is C17H13NOS2. The summed E-state index contributed by atoms with van der Waals surface area (Å²) >= 11 is 3.42. The van der Waals surface area contributed by atoms with Crippen molar-refractivity contribution in [1.82, 2.24) is 0 Å². The Kier molecular flexibility index (Phi) is 3.20. The van der Waals surface area contributed by atoms with Crippen molar-refractivity contribution >= 4 is 45.5 Å². The van der Waals surface area contributed by atoms with E-state index in [9.17, 15) is 4.79 Å². The number of fused-ring (bicyclic) bond motifs is 2. The molecule has 2 nitrogen and oxygen atoms in total. The predicted octanol–water partition coefficient (Wildman–Crippen LogP) is 4.68. The zero-order valence-electron chi connectivity index (χ0n) is 11.2. The van der Waals surface area contributed by atoms with E-state index < -0.39 is 0 Å². The van der Waals surface area contributed by atoms with Crippen molar-refractivity contribution in [2.45, 2.75) is 5.25 Å². The Bertz CT molecular complexity index is 819. The summed E-state index contributed by atoms with van der Waals surface area (Å²) in [5.41, 5.74) is 2.26. The molecule has 4 rings (SSSR count). The second kappa shape index (κ2) is 5.20. The third kappa shape index (κ3) is 2.24. The molecule has 0 aliphatic carbocycles. The normalized spacial score (nSPS) is 18.1. The molecule has 1 atom stereocenters. The van der Waals surface area contributed by atoms with Gasteiger partial charge >= 0.3 is 0 Å². The average Bonchev–Trinajstić information content (AvgIpc) is 2.89. The highest BCUT2D eigenvalue weighted by Crippen LogP contribution is 2.46. The highest BCUT2D eigenvalue weighted by atomic mass is 32.2. The summed E-state index contributed by atoms with van der Waals surface area (Å²) in [5, 5.41) is 7.78. The molecule has 1 N–H and O–H groups in total. The fourth-order valence-electron chi connectivity index (χ4n) is 2.76. The van der Waals surface area contributed by atoms with Gasteiger partial charge in [-0.3, -0.25) is 4.79 Å². The fraction of sp³-hybridized carbons (Fsp3) is 0.118. The quantitative estimate of drug-likeness (QED) is 0.707. The van der Waals surface area contributed by atoms with Crippen molar-refractivity contribution in [3.63, 3.8) is 0 Å². The van der Waals surface area contributed by atoms with E-state index in [4.69, 9.17) is 0 Å². The van der Waals surface area contributed by atoms with Gasteiger partial charge in [0.2, 0.25) is 5.91 Å². The van der Waals surface area contributed by atoms with Gasteiger partial charge in [0.05, 0.1) is 16.7 Å². The second-order valence-corrected chi connectivity index (χ2v) is 7.05. The molecule has 4 heteroatoms. The molecule has 2 aromatic carbocycles. The van der Waals surface area contributed by atoms with E-state index in [2.05, 4.69) is 53.2 Å². The summed E-state index contributed by atoms with van der Waals surface area (Å²) < 4.78 is 0. The number of hydrogen-bond acceptors (Lipinski definition) is 3. The van der Waals surface area contributed by atoms with Crippen molar-refractivity contribution in [1.29, 1.82) is 0 Å². The number of rotatable bonds is 1. The van der Waals surface area contributed by atoms with Crippen LogP contribution in [0.1, 0.15) is 15.7 Å². The minimum absolute atomic E-state index is 0.0855. The average molecular weight is 311 g/mol. The highest BCUT2D eigenvalue weighted by Gasteiger charge is 2.26. The van der Waals surface area contributed by atoms with Crippen LogP contribution in [0, 0.1) is 0 Å². The lowest BCUT2D eigenvalue weighted by molar-refractivity contribution is -0.113. The van der Waals surface area contributed by atoms with E-state index >= 15 is 0 Å². The van der Waals surface area contributed by atoms with Crippen LogP contribution in [-0.4, -0.2) is 11.7 Å². The molecule has 1 amide bonds. The molecule has 0 saturated heterocycles.